The number of carbonyl (C=O) groups is 3. The van der Waals surface area contributed by atoms with Crippen LogP contribution in [0.15, 0.2) is 97.1 Å². The summed E-state index contributed by atoms with van der Waals surface area (Å²) >= 11 is 0. The summed E-state index contributed by atoms with van der Waals surface area (Å²) in [6.07, 6.45) is -0.966. The predicted octanol–water partition coefficient (Wildman–Crippen LogP) is 8.21. The van der Waals surface area contributed by atoms with Crippen LogP contribution in [0.3, 0.4) is 0 Å². The van der Waals surface area contributed by atoms with E-state index in [9.17, 15) is 42.9 Å². The van der Waals surface area contributed by atoms with Gasteiger partial charge < -0.3 is 46.0 Å². The number of piperidine rings is 1. The zero-order valence-corrected chi connectivity index (χ0v) is 45.6. The van der Waals surface area contributed by atoms with E-state index >= 15 is 0 Å². The van der Waals surface area contributed by atoms with Crippen molar-refractivity contribution in [3.8, 4) is 34.3 Å². The Morgan fingerprint density at radius 1 is 0.765 bits per heavy atom. The number of amides is 3. The predicted molar refractivity (Wildman–Crippen MR) is 303 cm³/mol. The highest BCUT2D eigenvalue weighted by Gasteiger charge is 2.32. The number of phenols is 3. The first-order valence-electron chi connectivity index (χ1n) is 27.6. The zero-order chi connectivity index (χ0) is 57.0. The van der Waals surface area contributed by atoms with Crippen LogP contribution in [0.4, 0.5) is 30.6 Å². The van der Waals surface area contributed by atoms with E-state index < -0.39 is 24.5 Å². The quantitative estimate of drug-likeness (QED) is 0.0507. The molecular formula is C60H67F3N12O6. The number of halogens is 3. The molecule has 0 spiro atoms. The molecule has 3 aliphatic rings. The molecule has 5 aromatic carbocycles. The van der Waals surface area contributed by atoms with Gasteiger partial charge in [-0.1, -0.05) is 74.5 Å². The highest BCUT2D eigenvalue weighted by atomic mass is 19.4. The number of aromatic hydroxyl groups is 3. The Morgan fingerprint density at radius 3 is 2.20 bits per heavy atom. The number of nitrogens with one attached hydrogen (secondary N) is 3. The van der Waals surface area contributed by atoms with Crippen LogP contribution in [0.2, 0.25) is 0 Å². The summed E-state index contributed by atoms with van der Waals surface area (Å²) in [6.45, 7) is 10.8. The number of hydrogen-bond acceptors (Lipinski definition) is 14. The molecule has 0 bridgehead atoms. The van der Waals surface area contributed by atoms with Gasteiger partial charge in [-0.25, -0.2) is 4.98 Å². The van der Waals surface area contributed by atoms with E-state index in [4.69, 9.17) is 9.97 Å². The van der Waals surface area contributed by atoms with E-state index in [-0.39, 0.29) is 52.8 Å². The summed E-state index contributed by atoms with van der Waals surface area (Å²) in [5.74, 6) is -0.207. The summed E-state index contributed by atoms with van der Waals surface area (Å²) in [7, 11) is 0. The van der Waals surface area contributed by atoms with Crippen LogP contribution in [-0.2, 0) is 42.1 Å². The van der Waals surface area contributed by atoms with E-state index in [0.717, 1.165) is 90.1 Å². The molecule has 7 aromatic rings. The van der Waals surface area contributed by atoms with Crippen molar-refractivity contribution in [1.82, 2.24) is 45.2 Å². The SMILES string of the molecule is CC(=O)N1CCN(c2nc(NCCC(=O)NCc3ccc(CN4CCC(Cc5ccc(-n6c(C(=O)NCC(F)(F)F)nnc6-c6cc(C(C)C)c(O)cc6O)cc5)CC4)cc3)nc3c2CCN(c2cc(O)cc4ccccc24)C3)CC1. The molecule has 81 heavy (non-hydrogen) atoms. The van der Waals surface area contributed by atoms with Crippen molar-refractivity contribution >= 4 is 45.9 Å². The molecule has 0 saturated carbocycles. The van der Waals surface area contributed by atoms with E-state index in [1.54, 1.807) is 25.1 Å². The number of alkyl halides is 3. The van der Waals surface area contributed by atoms with Gasteiger partial charge >= 0.3 is 6.18 Å². The van der Waals surface area contributed by atoms with Gasteiger partial charge in [0, 0.05) is 100 Å². The van der Waals surface area contributed by atoms with E-state index in [1.165, 1.54) is 22.3 Å². The van der Waals surface area contributed by atoms with Crippen molar-refractivity contribution in [1.29, 1.82) is 0 Å². The first-order valence-corrected chi connectivity index (χ1v) is 27.6. The first kappa shape index (κ1) is 55.8. The fraction of sp³-hybridized carbons (Fsp3) is 0.383. The minimum Gasteiger partial charge on any atom is -0.508 e. The Bertz CT molecular complexity index is 3410. The van der Waals surface area contributed by atoms with Gasteiger partial charge in [-0.3, -0.25) is 23.9 Å². The summed E-state index contributed by atoms with van der Waals surface area (Å²) in [6, 6.07) is 29.9. The molecule has 6 N–H and O–H groups in total. The van der Waals surface area contributed by atoms with Crippen LogP contribution in [0, 0.1) is 5.92 Å². The second-order valence-corrected chi connectivity index (χ2v) is 21.6. The maximum atomic E-state index is 13.2. The third kappa shape index (κ3) is 13.3. The number of piperazine rings is 1. The number of likely N-dealkylation sites (tertiary alicyclic amines) is 1. The highest BCUT2D eigenvalue weighted by molar-refractivity contribution is 5.96. The average molecular weight is 1110 g/mol. The Hall–Kier alpha value is -8.46. The van der Waals surface area contributed by atoms with E-state index in [2.05, 4.69) is 53.7 Å². The monoisotopic (exact) mass is 1110 g/mol. The molecule has 2 saturated heterocycles. The second kappa shape index (κ2) is 24.1. The van der Waals surface area contributed by atoms with Crippen LogP contribution in [0.1, 0.15) is 90.1 Å². The Labute approximate surface area is 467 Å². The Balaban J connectivity index is 0.707. The van der Waals surface area contributed by atoms with Gasteiger partial charge in [-0.15, -0.1) is 10.2 Å². The van der Waals surface area contributed by atoms with Crippen LogP contribution in [0.25, 0.3) is 27.8 Å². The number of rotatable bonds is 17. The maximum Gasteiger partial charge on any atom is 0.405 e. The van der Waals surface area contributed by atoms with Crippen LogP contribution in [-0.4, -0.2) is 133 Å². The molecule has 10 rings (SSSR count). The van der Waals surface area contributed by atoms with Gasteiger partial charge in [0.15, 0.2) is 5.82 Å². The number of anilines is 3. The molecule has 0 radical (unpaired) electrons. The van der Waals surface area contributed by atoms with Crippen molar-refractivity contribution in [3.63, 3.8) is 0 Å². The molecule has 5 heterocycles. The van der Waals surface area contributed by atoms with Gasteiger partial charge in [0.1, 0.15) is 29.6 Å². The first-order chi connectivity index (χ1) is 38.9. The van der Waals surface area contributed by atoms with Crippen LogP contribution >= 0.6 is 0 Å². The topological polar surface area (TPSA) is 217 Å². The molecule has 0 unspecified atom stereocenters. The maximum absolute atomic E-state index is 13.2. The molecule has 424 valence electrons. The number of carbonyl (C=O) groups excluding carboxylic acids is 3. The number of phenolic OH excluding ortho intramolecular Hbond substituents is 3. The van der Waals surface area contributed by atoms with Gasteiger partial charge in [0.2, 0.25) is 23.6 Å². The molecule has 21 heteroatoms. The van der Waals surface area contributed by atoms with E-state index in [1.807, 2.05) is 72.6 Å². The van der Waals surface area contributed by atoms with Crippen molar-refractivity contribution in [3.05, 3.63) is 136 Å². The minimum atomic E-state index is -4.65. The number of benzene rings is 5. The normalized spacial score (nSPS) is 15.3. The lowest BCUT2D eigenvalue weighted by Gasteiger charge is -2.38. The minimum absolute atomic E-state index is 0.0237. The van der Waals surface area contributed by atoms with Crippen molar-refractivity contribution < 1.29 is 42.9 Å². The van der Waals surface area contributed by atoms with Crippen LogP contribution < -0.4 is 25.8 Å². The molecule has 3 amide bonds. The standard InChI is InChI=1S/C60H67F3N12O6/c1-37(2)48-31-49(53(79)32-52(48)78)56-69-70-57(58(81)66-36-60(61,62)63)75(56)44-14-12-39(13-15-44)28-40-17-21-71(22-18-40)34-42-10-8-41(9-11-42)33-65-54(80)16-20-64-59-67-50-35-74(51-30-45(77)29-43-6-4-5-7-46(43)51)23-19-47(50)55(68-59)73-26-24-72(25-27-73)38(3)76/h4-15,29-32,37,40,77-79H,16-28,33-36H2,1-3H3,(H,65,80)(H,66,81)(H,64,67,68). The molecule has 0 aliphatic carbocycles. The number of aromatic nitrogens is 5. The van der Waals surface area contributed by atoms with Crippen molar-refractivity contribution in [2.75, 3.05) is 74.0 Å². The van der Waals surface area contributed by atoms with Gasteiger partial charge in [-0.2, -0.15) is 18.2 Å². The Morgan fingerprint density at radius 2 is 1.48 bits per heavy atom. The fourth-order valence-corrected chi connectivity index (χ4v) is 11.1. The number of nitrogens with zero attached hydrogens (tertiary/aromatic N) is 9. The largest absolute Gasteiger partial charge is 0.508 e. The number of hydrogen-bond donors (Lipinski definition) is 6. The average Bonchev–Trinajstić information content (AvgIpc) is 4.17. The Kier molecular flexibility index (Phi) is 16.6. The molecule has 2 aromatic heterocycles. The lowest BCUT2D eigenvalue weighted by atomic mass is 9.90. The van der Waals surface area contributed by atoms with Crippen molar-refractivity contribution in [2.24, 2.45) is 5.92 Å². The van der Waals surface area contributed by atoms with Gasteiger partial charge in [-0.05, 0) is 103 Å². The lowest BCUT2D eigenvalue weighted by Crippen LogP contribution is -2.49. The molecule has 3 aliphatic heterocycles. The third-order valence-corrected chi connectivity index (χ3v) is 15.5. The summed E-state index contributed by atoms with van der Waals surface area (Å²) in [5.41, 5.74) is 7.17. The highest BCUT2D eigenvalue weighted by Crippen LogP contribution is 2.40. The fourth-order valence-electron chi connectivity index (χ4n) is 11.1. The smallest absolute Gasteiger partial charge is 0.405 e. The lowest BCUT2D eigenvalue weighted by molar-refractivity contribution is -0.129. The number of fused-ring (bicyclic) bond motifs is 2. The van der Waals surface area contributed by atoms with Crippen LogP contribution in [0.5, 0.6) is 17.2 Å². The van der Waals surface area contributed by atoms with Gasteiger partial charge in [0.05, 0.1) is 17.8 Å². The summed E-state index contributed by atoms with van der Waals surface area (Å²) < 4.78 is 40.6. The summed E-state index contributed by atoms with van der Waals surface area (Å²) in [5, 5.41) is 50.4. The molecule has 2 fully saturated rings. The molecule has 0 atom stereocenters. The zero-order valence-electron chi connectivity index (χ0n) is 45.6. The van der Waals surface area contributed by atoms with Gasteiger partial charge in [0.25, 0.3) is 5.91 Å². The third-order valence-electron chi connectivity index (χ3n) is 15.5. The summed E-state index contributed by atoms with van der Waals surface area (Å²) in [4.78, 5) is 57.2. The molecule has 18 nitrogen and oxygen atoms in total. The van der Waals surface area contributed by atoms with Crippen molar-refractivity contribution in [2.45, 2.75) is 84.6 Å². The second-order valence-electron chi connectivity index (χ2n) is 21.6. The molecular weight excluding hydrogens is 1040 g/mol. The van der Waals surface area contributed by atoms with E-state index in [0.29, 0.717) is 75.4 Å².